The lowest BCUT2D eigenvalue weighted by Gasteiger charge is -2.35. The van der Waals surface area contributed by atoms with E-state index in [0.29, 0.717) is 6.42 Å². The predicted molar refractivity (Wildman–Crippen MR) is 104 cm³/mol. The molecule has 1 rings (SSSR count). The van der Waals surface area contributed by atoms with Crippen molar-refractivity contribution in [2.75, 3.05) is 13.3 Å². The number of nitrogens with two attached hydrogens (primary N) is 1. The summed E-state index contributed by atoms with van der Waals surface area (Å²) in [5, 5.41) is 10.3. The quantitative estimate of drug-likeness (QED) is 0.329. The van der Waals surface area contributed by atoms with Crippen LogP contribution in [0.3, 0.4) is 0 Å². The topological polar surface area (TPSA) is 81.8 Å². The predicted octanol–water partition coefficient (Wildman–Crippen LogP) is 5.00. The van der Waals surface area contributed by atoms with Gasteiger partial charge < -0.3 is 19.9 Å². The summed E-state index contributed by atoms with van der Waals surface area (Å²) in [7, 11) is -3.04. The lowest BCUT2D eigenvalue weighted by atomic mass is 10.00. The summed E-state index contributed by atoms with van der Waals surface area (Å²) in [6, 6.07) is -0.408. The van der Waals surface area contributed by atoms with Crippen molar-refractivity contribution in [3.8, 4) is 0 Å². The molecular weight excluding hydrogens is 337 g/mol. The number of hydrogen-bond acceptors (Lipinski definition) is 5. The van der Waals surface area contributed by atoms with E-state index in [1.54, 1.807) is 0 Å². The number of aliphatic hydroxyl groups is 1. The molecule has 25 heavy (non-hydrogen) atoms. The van der Waals surface area contributed by atoms with Crippen molar-refractivity contribution >= 4 is 7.60 Å². The maximum atomic E-state index is 11.9. The van der Waals surface area contributed by atoms with Crippen LogP contribution in [0.5, 0.6) is 0 Å². The summed E-state index contributed by atoms with van der Waals surface area (Å²) in [5.74, 6) is 0. The minimum atomic E-state index is -3.04. The highest BCUT2D eigenvalue weighted by Crippen LogP contribution is 2.49. The highest BCUT2D eigenvalue weighted by atomic mass is 31.2. The molecule has 0 saturated carbocycles. The third-order valence-corrected chi connectivity index (χ3v) is 6.21. The van der Waals surface area contributed by atoms with Crippen LogP contribution < -0.4 is 5.73 Å². The third-order valence-electron chi connectivity index (χ3n) is 4.97. The summed E-state index contributed by atoms with van der Waals surface area (Å²) in [5.41, 5.74) is 5.91. The van der Waals surface area contributed by atoms with Gasteiger partial charge in [-0.05, 0) is 6.42 Å². The van der Waals surface area contributed by atoms with Crippen LogP contribution in [0.15, 0.2) is 0 Å². The van der Waals surface area contributed by atoms with E-state index in [1.807, 2.05) is 0 Å². The lowest BCUT2D eigenvalue weighted by molar-refractivity contribution is -0.0262. The highest BCUT2D eigenvalue weighted by Gasteiger charge is 2.38. The van der Waals surface area contributed by atoms with Gasteiger partial charge in [-0.2, -0.15) is 0 Å². The van der Waals surface area contributed by atoms with E-state index in [2.05, 4.69) is 6.92 Å². The molecule has 1 aliphatic rings. The van der Waals surface area contributed by atoms with Crippen LogP contribution in [-0.4, -0.2) is 36.6 Å². The van der Waals surface area contributed by atoms with Crippen molar-refractivity contribution in [3.05, 3.63) is 0 Å². The Bertz CT molecular complexity index is 380. The molecule has 1 heterocycles. The van der Waals surface area contributed by atoms with Crippen LogP contribution in [-0.2, 0) is 13.6 Å². The molecule has 3 N–H and O–H groups in total. The molecule has 0 aromatic rings. The van der Waals surface area contributed by atoms with E-state index >= 15 is 0 Å². The molecule has 1 unspecified atom stereocenters. The SMILES string of the molecule is CCCCCCCCCCCCCC[C@@H](O)[C@H]1OP(C)(=O)OC[C@@H]1N. The van der Waals surface area contributed by atoms with E-state index in [0.717, 1.165) is 12.8 Å². The molecule has 6 heteroatoms. The fourth-order valence-electron chi connectivity index (χ4n) is 3.36. The molecule has 0 bridgehead atoms. The Hall–Kier alpha value is 0.0700. The van der Waals surface area contributed by atoms with Gasteiger partial charge in [0.15, 0.2) is 0 Å². The summed E-state index contributed by atoms with van der Waals surface area (Å²) in [6.45, 7) is 3.88. The van der Waals surface area contributed by atoms with Gasteiger partial charge >= 0.3 is 7.60 Å². The monoisotopic (exact) mass is 377 g/mol. The van der Waals surface area contributed by atoms with Gasteiger partial charge in [-0.15, -0.1) is 0 Å². The number of aliphatic hydroxyl groups excluding tert-OH is 1. The first-order valence-electron chi connectivity index (χ1n) is 10.3. The van der Waals surface area contributed by atoms with Crippen LogP contribution in [0.4, 0.5) is 0 Å². The van der Waals surface area contributed by atoms with Crippen LogP contribution in [0.1, 0.15) is 90.4 Å². The Morgan fingerprint density at radius 2 is 1.48 bits per heavy atom. The largest absolute Gasteiger partial charge is 0.390 e. The zero-order valence-corrected chi connectivity index (χ0v) is 17.2. The van der Waals surface area contributed by atoms with Crippen LogP contribution in [0, 0.1) is 0 Å². The van der Waals surface area contributed by atoms with E-state index in [1.165, 1.54) is 70.9 Å². The average molecular weight is 378 g/mol. The maximum absolute atomic E-state index is 11.9. The first-order valence-corrected chi connectivity index (χ1v) is 12.3. The summed E-state index contributed by atoms with van der Waals surface area (Å²) in [6.07, 6.45) is 14.9. The summed E-state index contributed by atoms with van der Waals surface area (Å²) < 4.78 is 22.3. The molecular formula is C19H40NO4P. The molecule has 0 aliphatic carbocycles. The molecule has 0 radical (unpaired) electrons. The fourth-order valence-corrected chi connectivity index (χ4v) is 4.60. The van der Waals surface area contributed by atoms with Crippen molar-refractivity contribution in [1.82, 2.24) is 0 Å². The van der Waals surface area contributed by atoms with Gasteiger partial charge in [0.25, 0.3) is 0 Å². The van der Waals surface area contributed by atoms with Gasteiger partial charge in [0.2, 0.25) is 0 Å². The third kappa shape index (κ3) is 10.7. The molecule has 150 valence electrons. The Labute approximate surface area is 154 Å². The molecule has 1 saturated heterocycles. The molecule has 0 aromatic heterocycles. The maximum Gasteiger partial charge on any atom is 0.328 e. The van der Waals surface area contributed by atoms with Crippen molar-refractivity contribution in [1.29, 1.82) is 0 Å². The van der Waals surface area contributed by atoms with Gasteiger partial charge in [-0.3, -0.25) is 4.57 Å². The number of hydrogen-bond donors (Lipinski definition) is 2. The van der Waals surface area contributed by atoms with Crippen molar-refractivity contribution in [2.24, 2.45) is 5.73 Å². The molecule has 4 atom stereocenters. The highest BCUT2D eigenvalue weighted by molar-refractivity contribution is 7.53. The Morgan fingerprint density at radius 3 is 2.00 bits per heavy atom. The lowest BCUT2D eigenvalue weighted by Crippen LogP contribution is -2.49. The minimum absolute atomic E-state index is 0.188. The summed E-state index contributed by atoms with van der Waals surface area (Å²) in [4.78, 5) is 0. The van der Waals surface area contributed by atoms with Gasteiger partial charge in [0.1, 0.15) is 6.10 Å². The molecule has 0 spiro atoms. The second kappa shape index (κ2) is 13.3. The zero-order valence-electron chi connectivity index (χ0n) is 16.3. The molecule has 1 fully saturated rings. The number of rotatable bonds is 14. The van der Waals surface area contributed by atoms with Gasteiger partial charge in [-0.1, -0.05) is 84.0 Å². The van der Waals surface area contributed by atoms with Crippen molar-refractivity contribution in [2.45, 2.75) is 109 Å². The van der Waals surface area contributed by atoms with Crippen LogP contribution >= 0.6 is 7.60 Å². The standard InChI is InChI=1S/C19H40NO4P/c1-3-4-5-6-7-8-9-10-11-12-13-14-15-18(21)19-17(20)16-23-25(2,22)24-19/h17-19,21H,3-16,20H2,1-2H3/t17-,18+,19-,25?/m0/s1. The van der Waals surface area contributed by atoms with Crippen LogP contribution in [0.25, 0.3) is 0 Å². The Balaban J connectivity index is 1.96. The molecule has 5 nitrogen and oxygen atoms in total. The van der Waals surface area contributed by atoms with Crippen molar-refractivity contribution in [3.63, 3.8) is 0 Å². The second-order valence-corrected chi connectivity index (χ2v) is 9.56. The van der Waals surface area contributed by atoms with E-state index < -0.39 is 25.8 Å². The average Bonchev–Trinajstić information content (AvgIpc) is 2.58. The first kappa shape index (κ1) is 23.1. The molecule has 1 aliphatic heterocycles. The Kier molecular flexibility index (Phi) is 12.3. The molecule has 0 aromatic carbocycles. The van der Waals surface area contributed by atoms with Gasteiger partial charge in [0, 0.05) is 6.66 Å². The smallest absolute Gasteiger partial charge is 0.328 e. The van der Waals surface area contributed by atoms with E-state index in [-0.39, 0.29) is 6.61 Å². The minimum Gasteiger partial charge on any atom is -0.390 e. The normalized spacial score (nSPS) is 28.2. The molecule has 0 amide bonds. The van der Waals surface area contributed by atoms with Crippen molar-refractivity contribution < 1.29 is 18.7 Å². The number of unbranched alkanes of at least 4 members (excludes halogenated alkanes) is 11. The van der Waals surface area contributed by atoms with Gasteiger partial charge in [0.05, 0.1) is 18.8 Å². The van der Waals surface area contributed by atoms with E-state index in [4.69, 9.17) is 14.8 Å². The first-order chi connectivity index (χ1) is 12.0. The van der Waals surface area contributed by atoms with E-state index in [9.17, 15) is 9.67 Å². The summed E-state index contributed by atoms with van der Waals surface area (Å²) >= 11 is 0. The Morgan fingerprint density at radius 1 is 1.00 bits per heavy atom. The van der Waals surface area contributed by atoms with Crippen LogP contribution in [0.2, 0.25) is 0 Å². The second-order valence-electron chi connectivity index (χ2n) is 7.55. The van der Waals surface area contributed by atoms with Gasteiger partial charge in [-0.25, -0.2) is 0 Å². The zero-order chi connectivity index (χ0) is 18.5. The fraction of sp³-hybridized carbons (Fsp3) is 1.00.